The molecule has 0 saturated heterocycles. The lowest BCUT2D eigenvalue weighted by atomic mass is 10.1. The molecule has 3 aromatic heterocycles. The lowest BCUT2D eigenvalue weighted by molar-refractivity contribution is 0.0155. The first-order valence-electron chi connectivity index (χ1n) is 23.9. The number of rotatable bonds is 27. The van der Waals surface area contributed by atoms with Gasteiger partial charge in [-0.1, -0.05) is 67.2 Å². The topological polar surface area (TPSA) is 133 Å². The summed E-state index contributed by atoms with van der Waals surface area (Å²) in [5.41, 5.74) is 6.54. The van der Waals surface area contributed by atoms with Crippen molar-refractivity contribution in [1.29, 1.82) is 0 Å². The Morgan fingerprint density at radius 3 is 0.909 bits per heavy atom. The van der Waals surface area contributed by atoms with Crippen LogP contribution in [0.3, 0.4) is 0 Å². The van der Waals surface area contributed by atoms with E-state index in [2.05, 4.69) is 71.4 Å². The Kier molecular flexibility index (Phi) is 26.2. The molecule has 0 radical (unpaired) electrons. The predicted octanol–water partition coefficient (Wildman–Crippen LogP) is 12.7. The van der Waals surface area contributed by atoms with Gasteiger partial charge in [0.25, 0.3) is 0 Å². The van der Waals surface area contributed by atoms with Gasteiger partial charge in [-0.2, -0.15) is 0 Å². The van der Waals surface area contributed by atoms with Crippen molar-refractivity contribution in [1.82, 2.24) is 29.9 Å². The molecule has 3 heterocycles. The fourth-order valence-corrected chi connectivity index (χ4v) is 6.19. The molecule has 12 heteroatoms. The largest absolute Gasteiger partial charge is 0.468 e. The van der Waals surface area contributed by atoms with Gasteiger partial charge in [-0.15, -0.1) is 0 Å². The fourth-order valence-electron chi connectivity index (χ4n) is 6.19. The molecule has 0 aliphatic heterocycles. The van der Waals surface area contributed by atoms with Gasteiger partial charge < -0.3 is 28.4 Å². The van der Waals surface area contributed by atoms with Gasteiger partial charge in [0.1, 0.15) is 17.2 Å². The first-order chi connectivity index (χ1) is 32.5. The Hall–Kier alpha value is -5.82. The Balaban J connectivity index is 0.000000217. The third kappa shape index (κ3) is 20.6. The Bertz CT molecular complexity index is 2100. The molecular formula is C54H72N6O6. The van der Waals surface area contributed by atoms with E-state index < -0.39 is 0 Å². The smallest absolute Gasteiger partial charge is 0.189 e. The maximum Gasteiger partial charge on any atom is 0.189 e. The second-order valence-electron chi connectivity index (χ2n) is 15.6. The molecule has 0 aliphatic carbocycles. The molecule has 0 amide bonds. The van der Waals surface area contributed by atoms with Crippen LogP contribution in [0, 0.1) is 0 Å². The van der Waals surface area contributed by atoms with Crippen LogP contribution in [0.2, 0.25) is 0 Å². The molecule has 12 nitrogen and oxygen atoms in total. The van der Waals surface area contributed by atoms with Crippen molar-refractivity contribution in [2.75, 3.05) is 40.2 Å². The van der Waals surface area contributed by atoms with Crippen LogP contribution in [-0.4, -0.2) is 70.1 Å². The standard InChI is InChI=1S/C19H26N2O2.C18H24N2O2.C17H22N2O2/c1-3-5-6-7-16-13-20-19(21-14-16)17-8-10-18(11-9-17)23-15-22-12-4-2;1-3-5-6-15-12-19-18(20-13-15)16-7-9-17(10-8-16)22-14-21-11-4-2;1-3-5-14-11-18-17(19-12-14)15-6-8-16(9-7-15)21-13-20-10-4-2/h8-11,13-14H,3-7,12,15H2,1-2H3;7-10,12-13H,3-6,11,14H2,1-2H3;6-9,11-12H,3-5,10,13H2,1-2H3. The number of nitrogens with zero attached hydrogens (tertiary/aromatic N) is 6. The van der Waals surface area contributed by atoms with Crippen LogP contribution >= 0.6 is 0 Å². The number of hydrogen-bond donors (Lipinski definition) is 0. The monoisotopic (exact) mass is 901 g/mol. The van der Waals surface area contributed by atoms with Gasteiger partial charge in [0.15, 0.2) is 37.9 Å². The van der Waals surface area contributed by atoms with Crippen molar-refractivity contribution in [3.8, 4) is 51.4 Å². The van der Waals surface area contributed by atoms with Crippen LogP contribution in [0.5, 0.6) is 17.2 Å². The quantitative estimate of drug-likeness (QED) is 0.0360. The van der Waals surface area contributed by atoms with Crippen molar-refractivity contribution in [3.05, 3.63) is 127 Å². The highest BCUT2D eigenvalue weighted by atomic mass is 16.7. The Morgan fingerprint density at radius 1 is 0.318 bits per heavy atom. The van der Waals surface area contributed by atoms with Crippen LogP contribution in [-0.2, 0) is 33.5 Å². The Morgan fingerprint density at radius 2 is 0.621 bits per heavy atom. The van der Waals surface area contributed by atoms with Gasteiger partial charge >= 0.3 is 0 Å². The molecule has 354 valence electrons. The molecule has 0 bridgehead atoms. The average molecular weight is 901 g/mol. The number of ether oxygens (including phenoxy) is 6. The van der Waals surface area contributed by atoms with Gasteiger partial charge in [0.05, 0.1) is 19.8 Å². The fraction of sp³-hybridized carbons (Fsp3) is 0.444. The van der Waals surface area contributed by atoms with Gasteiger partial charge in [-0.25, -0.2) is 29.9 Å². The molecule has 0 aliphatic rings. The zero-order valence-electron chi connectivity index (χ0n) is 40.3. The van der Waals surface area contributed by atoms with Crippen molar-refractivity contribution in [2.45, 2.75) is 119 Å². The summed E-state index contributed by atoms with van der Waals surface area (Å²) in [4.78, 5) is 26.6. The van der Waals surface area contributed by atoms with E-state index in [9.17, 15) is 0 Å². The average Bonchev–Trinajstić information content (AvgIpc) is 3.37. The van der Waals surface area contributed by atoms with Crippen molar-refractivity contribution >= 4 is 0 Å². The van der Waals surface area contributed by atoms with E-state index in [1.165, 1.54) is 48.8 Å². The maximum absolute atomic E-state index is 5.51. The molecule has 0 atom stereocenters. The van der Waals surface area contributed by atoms with E-state index in [-0.39, 0.29) is 20.4 Å². The minimum absolute atomic E-state index is 0.287. The number of unbranched alkanes of at least 4 members (excludes halogenated alkanes) is 3. The van der Waals surface area contributed by atoms with Gasteiger partial charge in [-0.3, -0.25) is 0 Å². The summed E-state index contributed by atoms with van der Waals surface area (Å²) in [7, 11) is 0. The summed E-state index contributed by atoms with van der Waals surface area (Å²) in [5.74, 6) is 4.61. The maximum atomic E-state index is 5.51. The highest BCUT2D eigenvalue weighted by Crippen LogP contribution is 2.22. The molecular weight excluding hydrogens is 829 g/mol. The van der Waals surface area contributed by atoms with Crippen LogP contribution in [0.1, 0.15) is 116 Å². The Labute approximate surface area is 393 Å². The molecule has 0 fully saturated rings. The lowest BCUT2D eigenvalue weighted by Crippen LogP contribution is -2.03. The summed E-state index contributed by atoms with van der Waals surface area (Å²) in [6.45, 7) is 15.8. The second kappa shape index (κ2) is 32.8. The molecule has 6 aromatic rings. The minimum Gasteiger partial charge on any atom is -0.468 e. The van der Waals surface area contributed by atoms with Crippen molar-refractivity contribution < 1.29 is 28.4 Å². The normalized spacial score (nSPS) is 10.6. The van der Waals surface area contributed by atoms with E-state index in [0.29, 0.717) is 0 Å². The van der Waals surface area contributed by atoms with E-state index in [4.69, 9.17) is 28.4 Å². The minimum atomic E-state index is 0.287. The van der Waals surface area contributed by atoms with E-state index in [0.717, 1.165) is 116 Å². The molecule has 0 unspecified atom stereocenters. The molecule has 3 aromatic carbocycles. The molecule has 0 spiro atoms. The van der Waals surface area contributed by atoms with E-state index >= 15 is 0 Å². The summed E-state index contributed by atoms with van der Waals surface area (Å²) < 4.78 is 32.4. The van der Waals surface area contributed by atoms with E-state index in [1.54, 1.807) is 0 Å². The molecule has 6 rings (SSSR count). The zero-order chi connectivity index (χ0) is 46.9. The molecule has 0 saturated carbocycles. The molecule has 0 N–H and O–H groups in total. The van der Waals surface area contributed by atoms with Crippen LogP contribution in [0.15, 0.2) is 110 Å². The summed E-state index contributed by atoms with van der Waals surface area (Å²) in [6.07, 6.45) is 24.7. The lowest BCUT2D eigenvalue weighted by Gasteiger charge is -2.07. The summed E-state index contributed by atoms with van der Waals surface area (Å²) >= 11 is 0. The second-order valence-corrected chi connectivity index (χ2v) is 15.6. The molecule has 66 heavy (non-hydrogen) atoms. The number of benzene rings is 3. The highest BCUT2D eigenvalue weighted by molar-refractivity contribution is 5.57. The first-order valence-corrected chi connectivity index (χ1v) is 23.9. The number of aryl methyl sites for hydroxylation is 3. The van der Waals surface area contributed by atoms with Crippen LogP contribution < -0.4 is 14.2 Å². The first kappa shape index (κ1) is 52.8. The highest BCUT2D eigenvalue weighted by Gasteiger charge is 2.06. The SMILES string of the molecule is CCCCCc1cnc(-c2ccc(OCOCCC)cc2)nc1.CCCCc1cnc(-c2ccc(OCOCCC)cc2)nc1.CCCOCOc1ccc(-c2ncc(CCC)cn2)cc1. The van der Waals surface area contributed by atoms with Gasteiger partial charge in [0, 0.05) is 53.9 Å². The predicted molar refractivity (Wildman–Crippen MR) is 263 cm³/mol. The zero-order valence-corrected chi connectivity index (χ0v) is 40.3. The number of hydrogen-bond acceptors (Lipinski definition) is 12. The van der Waals surface area contributed by atoms with Crippen molar-refractivity contribution in [2.24, 2.45) is 0 Å². The van der Waals surface area contributed by atoms with Crippen LogP contribution in [0.4, 0.5) is 0 Å². The third-order valence-electron chi connectivity index (χ3n) is 9.85. The van der Waals surface area contributed by atoms with Crippen molar-refractivity contribution in [3.63, 3.8) is 0 Å². The van der Waals surface area contributed by atoms with E-state index in [1.807, 2.05) is 110 Å². The summed E-state index contributed by atoms with van der Waals surface area (Å²) in [6, 6.07) is 23.3. The van der Waals surface area contributed by atoms with Crippen LogP contribution in [0.25, 0.3) is 34.2 Å². The summed E-state index contributed by atoms with van der Waals surface area (Å²) in [5, 5.41) is 0. The number of aromatic nitrogens is 6. The van der Waals surface area contributed by atoms with Gasteiger partial charge in [0.2, 0.25) is 0 Å². The third-order valence-corrected chi connectivity index (χ3v) is 9.85. The van der Waals surface area contributed by atoms with Gasteiger partial charge in [-0.05, 0) is 141 Å².